The van der Waals surface area contributed by atoms with E-state index in [9.17, 15) is 14.0 Å². The zero-order chi connectivity index (χ0) is 22.2. The summed E-state index contributed by atoms with van der Waals surface area (Å²) in [6.07, 6.45) is 5.89. The number of hydrogen-bond acceptors (Lipinski definition) is 2. The number of nitrogens with zero attached hydrogens (tertiary/aromatic N) is 1. The lowest BCUT2D eigenvalue weighted by Gasteiger charge is -2.33. The molecule has 2 amide bonds. The van der Waals surface area contributed by atoms with Gasteiger partial charge in [0.1, 0.15) is 11.9 Å². The number of carbonyl (C=O) groups is 2. The number of hydrogen-bond donors (Lipinski definition) is 1. The SMILES string of the molecule is CC[C@H](C(=O)NC1CCCCC1)N(Cc1cccc(C)c1)C(=O)Cc1ccccc1F. The highest BCUT2D eigenvalue weighted by Crippen LogP contribution is 2.20. The molecule has 5 heteroatoms. The van der Waals surface area contributed by atoms with Crippen LogP contribution in [0.15, 0.2) is 48.5 Å². The van der Waals surface area contributed by atoms with Crippen LogP contribution in [0.2, 0.25) is 0 Å². The van der Waals surface area contributed by atoms with Crippen LogP contribution in [0.1, 0.15) is 62.1 Å². The first-order valence-corrected chi connectivity index (χ1v) is 11.4. The molecule has 31 heavy (non-hydrogen) atoms. The zero-order valence-electron chi connectivity index (χ0n) is 18.6. The minimum absolute atomic E-state index is 0.0638. The van der Waals surface area contributed by atoms with Crippen molar-refractivity contribution in [3.63, 3.8) is 0 Å². The second-order valence-corrected chi connectivity index (χ2v) is 8.55. The maximum Gasteiger partial charge on any atom is 0.243 e. The third-order valence-electron chi connectivity index (χ3n) is 6.07. The monoisotopic (exact) mass is 424 g/mol. The number of aryl methyl sites for hydroxylation is 1. The van der Waals surface area contributed by atoms with E-state index in [1.54, 1.807) is 23.1 Å². The number of benzene rings is 2. The summed E-state index contributed by atoms with van der Waals surface area (Å²) in [5.41, 5.74) is 2.41. The minimum atomic E-state index is -0.582. The van der Waals surface area contributed by atoms with Crippen LogP contribution in [-0.2, 0) is 22.6 Å². The first kappa shape index (κ1) is 23.0. The van der Waals surface area contributed by atoms with Crippen LogP contribution >= 0.6 is 0 Å². The summed E-state index contributed by atoms with van der Waals surface area (Å²) in [5.74, 6) is -0.743. The molecule has 0 spiro atoms. The molecule has 1 aliphatic carbocycles. The van der Waals surface area contributed by atoms with Gasteiger partial charge in [-0.1, -0.05) is 74.2 Å². The molecule has 1 atom stereocenters. The third kappa shape index (κ3) is 6.39. The van der Waals surface area contributed by atoms with Crippen molar-refractivity contribution < 1.29 is 14.0 Å². The predicted molar refractivity (Wildman–Crippen MR) is 121 cm³/mol. The summed E-state index contributed by atoms with van der Waals surface area (Å²) in [6.45, 7) is 4.25. The van der Waals surface area contributed by atoms with Crippen LogP contribution in [0.3, 0.4) is 0 Å². The second kappa shape index (κ2) is 11.1. The number of amides is 2. The summed E-state index contributed by atoms with van der Waals surface area (Å²) in [4.78, 5) is 28.1. The summed E-state index contributed by atoms with van der Waals surface area (Å²) in [6, 6.07) is 13.9. The van der Waals surface area contributed by atoms with Crippen LogP contribution in [-0.4, -0.2) is 28.8 Å². The number of halogens is 1. The molecular formula is C26H33FN2O2. The zero-order valence-corrected chi connectivity index (χ0v) is 18.6. The van der Waals surface area contributed by atoms with Crippen molar-refractivity contribution in [3.8, 4) is 0 Å². The highest BCUT2D eigenvalue weighted by atomic mass is 19.1. The summed E-state index contributed by atoms with van der Waals surface area (Å²) in [5, 5.41) is 3.17. The van der Waals surface area contributed by atoms with Gasteiger partial charge in [-0.2, -0.15) is 0 Å². The Hall–Kier alpha value is -2.69. The Balaban J connectivity index is 1.82. The van der Waals surface area contributed by atoms with Gasteiger partial charge in [0.25, 0.3) is 0 Å². The van der Waals surface area contributed by atoms with Crippen LogP contribution in [0.5, 0.6) is 0 Å². The van der Waals surface area contributed by atoms with Crippen molar-refractivity contribution in [2.24, 2.45) is 0 Å². The topological polar surface area (TPSA) is 49.4 Å². The average molecular weight is 425 g/mol. The lowest BCUT2D eigenvalue weighted by atomic mass is 9.95. The predicted octanol–water partition coefficient (Wildman–Crippen LogP) is 4.93. The van der Waals surface area contributed by atoms with Gasteiger partial charge in [0.15, 0.2) is 0 Å². The fraction of sp³-hybridized carbons (Fsp3) is 0.462. The van der Waals surface area contributed by atoms with E-state index in [4.69, 9.17) is 0 Å². The number of carbonyl (C=O) groups excluding carboxylic acids is 2. The largest absolute Gasteiger partial charge is 0.352 e. The molecule has 2 aromatic rings. The van der Waals surface area contributed by atoms with Gasteiger partial charge >= 0.3 is 0 Å². The summed E-state index contributed by atoms with van der Waals surface area (Å²) >= 11 is 0. The van der Waals surface area contributed by atoms with E-state index in [2.05, 4.69) is 5.32 Å². The molecule has 0 saturated heterocycles. The maximum absolute atomic E-state index is 14.2. The normalized spacial score (nSPS) is 15.3. The smallest absolute Gasteiger partial charge is 0.243 e. The number of rotatable bonds is 8. The Labute approximate surface area is 184 Å². The summed E-state index contributed by atoms with van der Waals surface area (Å²) in [7, 11) is 0. The number of nitrogens with one attached hydrogen (secondary N) is 1. The van der Waals surface area contributed by atoms with E-state index in [0.29, 0.717) is 18.5 Å². The molecule has 0 radical (unpaired) electrons. The van der Waals surface area contributed by atoms with Crippen LogP contribution in [0.4, 0.5) is 4.39 Å². The van der Waals surface area contributed by atoms with Gasteiger partial charge in [0.2, 0.25) is 11.8 Å². The van der Waals surface area contributed by atoms with Gasteiger partial charge in [-0.25, -0.2) is 4.39 Å². The molecular weight excluding hydrogens is 391 g/mol. The van der Waals surface area contributed by atoms with E-state index in [0.717, 1.165) is 36.8 Å². The quantitative estimate of drug-likeness (QED) is 0.653. The lowest BCUT2D eigenvalue weighted by Crippen LogP contribution is -2.52. The molecule has 1 saturated carbocycles. The molecule has 0 aromatic heterocycles. The lowest BCUT2D eigenvalue weighted by molar-refractivity contribution is -0.141. The molecule has 1 N–H and O–H groups in total. The molecule has 0 bridgehead atoms. The molecule has 166 valence electrons. The highest BCUT2D eigenvalue weighted by Gasteiger charge is 2.30. The van der Waals surface area contributed by atoms with Gasteiger partial charge in [-0.3, -0.25) is 9.59 Å². The van der Waals surface area contributed by atoms with Crippen LogP contribution in [0.25, 0.3) is 0 Å². The van der Waals surface area contributed by atoms with E-state index >= 15 is 0 Å². The maximum atomic E-state index is 14.2. The van der Waals surface area contributed by atoms with Gasteiger partial charge in [0, 0.05) is 12.6 Å². The fourth-order valence-corrected chi connectivity index (χ4v) is 4.38. The molecule has 3 rings (SSSR count). The van der Waals surface area contributed by atoms with E-state index in [1.807, 2.05) is 38.1 Å². The molecule has 1 fully saturated rings. The van der Waals surface area contributed by atoms with Crippen LogP contribution < -0.4 is 5.32 Å². The fourth-order valence-electron chi connectivity index (χ4n) is 4.38. The standard InChI is InChI=1S/C26H33FN2O2/c1-3-24(26(31)28-22-13-5-4-6-14-22)29(18-20-11-9-10-19(2)16-20)25(30)17-21-12-7-8-15-23(21)27/h7-12,15-16,22,24H,3-6,13-14,17-18H2,1-2H3,(H,28,31)/t24-/m1/s1. The Morgan fingerprint density at radius 3 is 2.52 bits per heavy atom. The van der Waals surface area contributed by atoms with Gasteiger partial charge in [-0.15, -0.1) is 0 Å². The minimum Gasteiger partial charge on any atom is -0.352 e. The molecule has 2 aromatic carbocycles. The first-order valence-electron chi connectivity index (χ1n) is 11.4. The Morgan fingerprint density at radius 2 is 1.84 bits per heavy atom. The highest BCUT2D eigenvalue weighted by molar-refractivity contribution is 5.88. The van der Waals surface area contributed by atoms with Gasteiger partial charge in [-0.05, 0) is 43.4 Å². The first-order chi connectivity index (χ1) is 15.0. The summed E-state index contributed by atoms with van der Waals surface area (Å²) < 4.78 is 14.2. The van der Waals surface area contributed by atoms with Gasteiger partial charge in [0.05, 0.1) is 6.42 Å². The molecule has 0 unspecified atom stereocenters. The molecule has 4 nitrogen and oxygen atoms in total. The van der Waals surface area contributed by atoms with Crippen molar-refractivity contribution in [2.45, 2.75) is 77.4 Å². The Bertz CT molecular complexity index is 892. The second-order valence-electron chi connectivity index (χ2n) is 8.55. The Kier molecular flexibility index (Phi) is 8.21. The van der Waals surface area contributed by atoms with E-state index in [-0.39, 0.29) is 24.3 Å². The van der Waals surface area contributed by atoms with Gasteiger partial charge < -0.3 is 10.2 Å². The van der Waals surface area contributed by atoms with Crippen molar-refractivity contribution in [1.29, 1.82) is 0 Å². The molecule has 1 aliphatic rings. The van der Waals surface area contributed by atoms with Crippen molar-refractivity contribution in [1.82, 2.24) is 10.2 Å². The third-order valence-corrected chi connectivity index (χ3v) is 6.07. The van der Waals surface area contributed by atoms with Crippen molar-refractivity contribution in [3.05, 3.63) is 71.0 Å². The molecule has 0 aliphatic heterocycles. The van der Waals surface area contributed by atoms with E-state index in [1.165, 1.54) is 12.5 Å². The molecule has 0 heterocycles. The average Bonchev–Trinajstić information content (AvgIpc) is 2.76. The van der Waals surface area contributed by atoms with Crippen molar-refractivity contribution in [2.75, 3.05) is 0 Å². The van der Waals surface area contributed by atoms with E-state index < -0.39 is 11.9 Å². The Morgan fingerprint density at radius 1 is 1.10 bits per heavy atom. The van der Waals surface area contributed by atoms with Crippen molar-refractivity contribution >= 4 is 11.8 Å². The van der Waals surface area contributed by atoms with Crippen LogP contribution in [0, 0.1) is 12.7 Å².